The minimum absolute atomic E-state index is 0.118. The molecule has 26 heavy (non-hydrogen) atoms. The normalized spacial score (nSPS) is 17.5. The first-order valence-corrected chi connectivity index (χ1v) is 8.53. The second kappa shape index (κ2) is 7.05. The summed E-state index contributed by atoms with van der Waals surface area (Å²) in [7, 11) is 0. The average Bonchev–Trinajstić information content (AvgIpc) is 3.32. The van der Waals surface area contributed by atoms with Crippen LogP contribution in [0.4, 0.5) is 5.69 Å². The molecule has 7 heteroatoms. The molecule has 132 valence electrons. The van der Waals surface area contributed by atoms with E-state index in [0.29, 0.717) is 11.8 Å². The lowest BCUT2D eigenvalue weighted by Gasteiger charge is -2.15. The van der Waals surface area contributed by atoms with Crippen molar-refractivity contribution in [2.75, 3.05) is 13.1 Å². The number of nitro benzene ring substituents is 1. The fraction of sp³-hybridized carbons (Fsp3) is 0.263. The van der Waals surface area contributed by atoms with Crippen LogP contribution < -0.4 is 0 Å². The van der Waals surface area contributed by atoms with E-state index in [4.69, 9.17) is 4.42 Å². The van der Waals surface area contributed by atoms with Crippen LogP contribution in [0.5, 0.6) is 0 Å². The van der Waals surface area contributed by atoms with Crippen molar-refractivity contribution in [3.05, 3.63) is 76.2 Å². The Morgan fingerprint density at radius 3 is 2.62 bits per heavy atom. The summed E-state index contributed by atoms with van der Waals surface area (Å²) in [5.41, 5.74) is 2.10. The standard InChI is InChI=1S/C19H18N4O3/c24-23(25)17-8-6-14(7-9-17)12-22-11-10-16(13-22)19-21-20-18(26-19)15-4-2-1-3-5-15/h1-9,16H,10-13H2/t16-/m0/s1. The Hall–Kier alpha value is -3.06. The maximum Gasteiger partial charge on any atom is 0.269 e. The summed E-state index contributed by atoms with van der Waals surface area (Å²) in [6.07, 6.45) is 0.962. The Morgan fingerprint density at radius 2 is 1.88 bits per heavy atom. The van der Waals surface area contributed by atoms with E-state index < -0.39 is 0 Å². The molecule has 0 bridgehead atoms. The van der Waals surface area contributed by atoms with Crippen LogP contribution in [0.2, 0.25) is 0 Å². The predicted octanol–water partition coefficient (Wildman–Crippen LogP) is 3.63. The lowest BCUT2D eigenvalue weighted by Crippen LogP contribution is -2.19. The van der Waals surface area contributed by atoms with Crippen molar-refractivity contribution in [1.29, 1.82) is 0 Å². The number of likely N-dealkylation sites (tertiary alicyclic amines) is 1. The molecule has 0 radical (unpaired) electrons. The molecule has 1 fully saturated rings. The van der Waals surface area contributed by atoms with Gasteiger partial charge in [0, 0.05) is 30.8 Å². The average molecular weight is 350 g/mol. The van der Waals surface area contributed by atoms with Gasteiger partial charge in [-0.3, -0.25) is 15.0 Å². The lowest BCUT2D eigenvalue weighted by molar-refractivity contribution is -0.384. The SMILES string of the molecule is O=[N+]([O-])c1ccc(CN2CC[C@H](c3nnc(-c4ccccc4)o3)C2)cc1. The van der Waals surface area contributed by atoms with Crippen LogP contribution in [-0.4, -0.2) is 33.1 Å². The van der Waals surface area contributed by atoms with E-state index in [1.54, 1.807) is 12.1 Å². The van der Waals surface area contributed by atoms with Crippen LogP contribution in [0.15, 0.2) is 59.0 Å². The number of hydrogen-bond donors (Lipinski definition) is 0. The largest absolute Gasteiger partial charge is 0.420 e. The third kappa shape index (κ3) is 3.48. The van der Waals surface area contributed by atoms with E-state index in [0.717, 1.165) is 37.2 Å². The summed E-state index contributed by atoms with van der Waals surface area (Å²) in [5, 5.41) is 19.1. The Morgan fingerprint density at radius 1 is 1.12 bits per heavy atom. The van der Waals surface area contributed by atoms with Gasteiger partial charge in [-0.15, -0.1) is 10.2 Å². The molecular formula is C19H18N4O3. The molecule has 2 aromatic carbocycles. The molecule has 0 N–H and O–H groups in total. The van der Waals surface area contributed by atoms with E-state index in [9.17, 15) is 10.1 Å². The Balaban J connectivity index is 1.39. The zero-order valence-electron chi connectivity index (χ0n) is 14.1. The van der Waals surface area contributed by atoms with Gasteiger partial charge in [-0.25, -0.2) is 0 Å². The van der Waals surface area contributed by atoms with Crippen LogP contribution >= 0.6 is 0 Å². The second-order valence-electron chi connectivity index (χ2n) is 6.46. The predicted molar refractivity (Wildman–Crippen MR) is 95.5 cm³/mol. The van der Waals surface area contributed by atoms with Crippen LogP contribution in [-0.2, 0) is 6.54 Å². The van der Waals surface area contributed by atoms with Crippen molar-refractivity contribution in [3.63, 3.8) is 0 Å². The zero-order valence-corrected chi connectivity index (χ0v) is 14.1. The van der Waals surface area contributed by atoms with E-state index in [1.807, 2.05) is 42.5 Å². The summed E-state index contributed by atoms with van der Waals surface area (Å²) in [6, 6.07) is 16.5. The summed E-state index contributed by atoms with van der Waals surface area (Å²) >= 11 is 0. The summed E-state index contributed by atoms with van der Waals surface area (Å²) in [5.74, 6) is 1.45. The minimum Gasteiger partial charge on any atom is -0.420 e. The molecule has 1 atom stereocenters. The molecule has 1 aromatic heterocycles. The third-order valence-corrected chi connectivity index (χ3v) is 4.64. The van der Waals surface area contributed by atoms with Gasteiger partial charge in [0.25, 0.3) is 5.69 Å². The van der Waals surface area contributed by atoms with Crippen molar-refractivity contribution in [2.45, 2.75) is 18.9 Å². The quantitative estimate of drug-likeness (QED) is 0.516. The maximum atomic E-state index is 10.7. The molecule has 1 aliphatic heterocycles. The topological polar surface area (TPSA) is 85.3 Å². The molecule has 1 saturated heterocycles. The minimum atomic E-state index is -0.379. The molecule has 7 nitrogen and oxygen atoms in total. The molecular weight excluding hydrogens is 332 g/mol. The number of benzene rings is 2. The summed E-state index contributed by atoms with van der Waals surface area (Å²) in [6.45, 7) is 2.53. The summed E-state index contributed by atoms with van der Waals surface area (Å²) in [4.78, 5) is 12.7. The van der Waals surface area contributed by atoms with Crippen molar-refractivity contribution in [1.82, 2.24) is 15.1 Å². The van der Waals surface area contributed by atoms with Gasteiger partial charge in [-0.1, -0.05) is 30.3 Å². The second-order valence-corrected chi connectivity index (χ2v) is 6.46. The van der Waals surface area contributed by atoms with Crippen molar-refractivity contribution < 1.29 is 9.34 Å². The highest BCUT2D eigenvalue weighted by atomic mass is 16.6. The van der Waals surface area contributed by atoms with Crippen LogP contribution in [0.25, 0.3) is 11.5 Å². The van der Waals surface area contributed by atoms with Gasteiger partial charge in [0.15, 0.2) is 0 Å². The third-order valence-electron chi connectivity index (χ3n) is 4.64. The monoisotopic (exact) mass is 350 g/mol. The van der Waals surface area contributed by atoms with Gasteiger partial charge in [0.1, 0.15) is 0 Å². The van der Waals surface area contributed by atoms with Gasteiger partial charge in [-0.2, -0.15) is 0 Å². The van der Waals surface area contributed by atoms with Gasteiger partial charge in [0.2, 0.25) is 11.8 Å². The smallest absolute Gasteiger partial charge is 0.269 e. The van der Waals surface area contributed by atoms with Gasteiger partial charge < -0.3 is 4.42 Å². The van der Waals surface area contributed by atoms with E-state index in [1.165, 1.54) is 0 Å². The van der Waals surface area contributed by atoms with Gasteiger partial charge in [0.05, 0.1) is 10.8 Å². The number of aromatic nitrogens is 2. The highest BCUT2D eigenvalue weighted by Crippen LogP contribution is 2.29. The molecule has 0 aliphatic carbocycles. The zero-order chi connectivity index (χ0) is 17.9. The lowest BCUT2D eigenvalue weighted by atomic mass is 10.1. The highest BCUT2D eigenvalue weighted by Gasteiger charge is 2.28. The van der Waals surface area contributed by atoms with Crippen molar-refractivity contribution >= 4 is 5.69 Å². The number of hydrogen-bond acceptors (Lipinski definition) is 6. The molecule has 2 heterocycles. The first kappa shape index (κ1) is 16.4. The Bertz CT molecular complexity index is 893. The van der Waals surface area contributed by atoms with E-state index in [2.05, 4.69) is 15.1 Å². The van der Waals surface area contributed by atoms with Crippen LogP contribution in [0.3, 0.4) is 0 Å². The van der Waals surface area contributed by atoms with Gasteiger partial charge >= 0.3 is 0 Å². The number of non-ortho nitro benzene ring substituents is 1. The highest BCUT2D eigenvalue weighted by molar-refractivity contribution is 5.51. The molecule has 4 rings (SSSR count). The number of nitro groups is 1. The Kier molecular flexibility index (Phi) is 4.45. The molecule has 0 unspecified atom stereocenters. The fourth-order valence-electron chi connectivity index (χ4n) is 3.26. The van der Waals surface area contributed by atoms with Gasteiger partial charge in [-0.05, 0) is 30.7 Å². The van der Waals surface area contributed by atoms with E-state index >= 15 is 0 Å². The fourth-order valence-corrected chi connectivity index (χ4v) is 3.26. The molecule has 1 aliphatic rings. The first-order chi connectivity index (χ1) is 12.7. The Labute approximate surface area is 150 Å². The van der Waals surface area contributed by atoms with Crippen molar-refractivity contribution in [2.24, 2.45) is 0 Å². The molecule has 3 aromatic rings. The maximum absolute atomic E-state index is 10.7. The van der Waals surface area contributed by atoms with Crippen LogP contribution in [0, 0.1) is 10.1 Å². The number of rotatable bonds is 5. The molecule has 0 spiro atoms. The molecule has 0 amide bonds. The van der Waals surface area contributed by atoms with Crippen LogP contribution in [0.1, 0.15) is 23.8 Å². The molecule has 0 saturated carbocycles. The van der Waals surface area contributed by atoms with E-state index in [-0.39, 0.29) is 16.5 Å². The summed E-state index contributed by atoms with van der Waals surface area (Å²) < 4.78 is 5.87. The first-order valence-electron chi connectivity index (χ1n) is 8.53. The number of nitrogens with zero attached hydrogens (tertiary/aromatic N) is 4. The van der Waals surface area contributed by atoms with Crippen molar-refractivity contribution in [3.8, 4) is 11.5 Å².